The normalized spacial score (nSPS) is 13.5. The second-order valence-corrected chi connectivity index (χ2v) is 4.59. The lowest BCUT2D eigenvalue weighted by Crippen LogP contribution is -1.91. The Labute approximate surface area is 109 Å². The molecule has 0 amide bonds. The van der Waals surface area contributed by atoms with Crippen LogP contribution in [0.15, 0.2) is 24.5 Å². The molecule has 0 fully saturated rings. The maximum atomic E-state index is 5.81. The van der Waals surface area contributed by atoms with Gasteiger partial charge in [-0.05, 0) is 30.2 Å². The van der Waals surface area contributed by atoms with Crippen molar-refractivity contribution in [1.29, 1.82) is 0 Å². The van der Waals surface area contributed by atoms with Gasteiger partial charge in [0.2, 0.25) is 0 Å². The van der Waals surface area contributed by atoms with Crippen LogP contribution in [0, 0.1) is 0 Å². The van der Waals surface area contributed by atoms with Gasteiger partial charge in [-0.25, -0.2) is 15.0 Å². The van der Waals surface area contributed by atoms with Crippen molar-refractivity contribution in [3.05, 3.63) is 30.1 Å². The van der Waals surface area contributed by atoms with Gasteiger partial charge in [0.15, 0.2) is 11.5 Å². The maximum absolute atomic E-state index is 5.81. The fourth-order valence-corrected chi connectivity index (χ4v) is 2.44. The Bertz CT molecular complexity index is 776. The zero-order valence-electron chi connectivity index (χ0n) is 10.1. The van der Waals surface area contributed by atoms with E-state index in [9.17, 15) is 0 Å². The Balaban J connectivity index is 1.88. The fraction of sp³-hybridized carbons (Fsp3) is 0.154. The average Bonchev–Trinajstić information content (AvgIpc) is 3.04. The summed E-state index contributed by atoms with van der Waals surface area (Å²) < 4.78 is 0. The lowest BCUT2D eigenvalue weighted by molar-refractivity contribution is 1.11. The van der Waals surface area contributed by atoms with Gasteiger partial charge >= 0.3 is 0 Å². The SMILES string of the molecule is Nc1ncnc2nc(-c3ccc4c(c3)CCN4)[nH]c12. The van der Waals surface area contributed by atoms with E-state index in [2.05, 4.69) is 37.4 Å². The molecule has 3 heterocycles. The molecular weight excluding hydrogens is 240 g/mol. The number of imidazole rings is 1. The Morgan fingerprint density at radius 2 is 2.16 bits per heavy atom. The number of nitrogens with zero attached hydrogens (tertiary/aromatic N) is 3. The number of anilines is 2. The third kappa shape index (κ3) is 1.53. The topological polar surface area (TPSA) is 92.5 Å². The fourth-order valence-electron chi connectivity index (χ4n) is 2.44. The molecule has 3 aromatic rings. The number of rotatable bonds is 1. The molecule has 4 rings (SSSR count). The van der Waals surface area contributed by atoms with E-state index in [1.165, 1.54) is 17.6 Å². The highest BCUT2D eigenvalue weighted by Crippen LogP contribution is 2.28. The highest BCUT2D eigenvalue weighted by Gasteiger charge is 2.13. The molecule has 1 aliphatic heterocycles. The van der Waals surface area contributed by atoms with Gasteiger partial charge in [-0.1, -0.05) is 0 Å². The van der Waals surface area contributed by atoms with Gasteiger partial charge in [-0.2, -0.15) is 0 Å². The predicted molar refractivity (Wildman–Crippen MR) is 73.7 cm³/mol. The Hall–Kier alpha value is -2.63. The Morgan fingerprint density at radius 3 is 3.05 bits per heavy atom. The minimum atomic E-state index is 0.423. The van der Waals surface area contributed by atoms with E-state index in [4.69, 9.17) is 5.73 Å². The second-order valence-electron chi connectivity index (χ2n) is 4.59. The number of fused-ring (bicyclic) bond motifs is 2. The van der Waals surface area contributed by atoms with Crippen LogP contribution in [0.3, 0.4) is 0 Å². The minimum Gasteiger partial charge on any atom is -0.384 e. The molecule has 6 heteroatoms. The van der Waals surface area contributed by atoms with Gasteiger partial charge in [-0.3, -0.25) is 0 Å². The molecule has 0 atom stereocenters. The van der Waals surface area contributed by atoms with Crippen LogP contribution < -0.4 is 11.1 Å². The number of nitrogens with one attached hydrogen (secondary N) is 2. The van der Waals surface area contributed by atoms with Gasteiger partial charge in [0.05, 0.1) is 0 Å². The molecule has 0 saturated carbocycles. The largest absolute Gasteiger partial charge is 0.384 e. The van der Waals surface area contributed by atoms with Gasteiger partial charge in [0.1, 0.15) is 17.7 Å². The molecule has 0 unspecified atom stereocenters. The highest BCUT2D eigenvalue weighted by molar-refractivity contribution is 5.84. The van der Waals surface area contributed by atoms with Crippen LogP contribution in [-0.4, -0.2) is 26.5 Å². The standard InChI is InChI=1S/C13H12N6/c14-11-10-13(17-6-16-11)19-12(18-10)8-1-2-9-7(5-8)3-4-15-9/h1-2,5-6,15H,3-4H2,(H3,14,16,17,18,19). The summed E-state index contributed by atoms with van der Waals surface area (Å²) in [4.78, 5) is 15.7. The molecule has 0 radical (unpaired) electrons. The third-order valence-corrected chi connectivity index (χ3v) is 3.41. The van der Waals surface area contributed by atoms with Gasteiger partial charge < -0.3 is 16.0 Å². The number of hydrogen-bond donors (Lipinski definition) is 3. The number of benzene rings is 1. The molecule has 1 aromatic carbocycles. The van der Waals surface area contributed by atoms with E-state index in [0.29, 0.717) is 17.0 Å². The molecule has 2 aromatic heterocycles. The molecule has 0 spiro atoms. The number of aromatic amines is 1. The van der Waals surface area contributed by atoms with Crippen LogP contribution >= 0.6 is 0 Å². The van der Waals surface area contributed by atoms with Crippen molar-refractivity contribution < 1.29 is 0 Å². The highest BCUT2D eigenvalue weighted by atomic mass is 15.0. The molecule has 19 heavy (non-hydrogen) atoms. The summed E-state index contributed by atoms with van der Waals surface area (Å²) in [5.41, 5.74) is 10.7. The van der Waals surface area contributed by atoms with E-state index >= 15 is 0 Å². The monoisotopic (exact) mass is 252 g/mol. The summed E-state index contributed by atoms with van der Waals surface area (Å²) in [7, 11) is 0. The van der Waals surface area contributed by atoms with Crippen LogP contribution in [-0.2, 0) is 6.42 Å². The summed E-state index contributed by atoms with van der Waals surface area (Å²) in [6.45, 7) is 0.997. The zero-order chi connectivity index (χ0) is 12.8. The molecule has 0 aliphatic carbocycles. The number of aromatic nitrogens is 4. The van der Waals surface area contributed by atoms with Gasteiger partial charge in [0.25, 0.3) is 0 Å². The van der Waals surface area contributed by atoms with E-state index in [1.807, 2.05) is 6.07 Å². The number of nitrogens with two attached hydrogens (primary N) is 1. The molecular formula is C13H12N6. The summed E-state index contributed by atoms with van der Waals surface area (Å²) in [5, 5.41) is 3.34. The lowest BCUT2D eigenvalue weighted by Gasteiger charge is -2.01. The molecule has 6 nitrogen and oxygen atoms in total. The average molecular weight is 252 g/mol. The number of nitrogen functional groups attached to an aromatic ring is 1. The third-order valence-electron chi connectivity index (χ3n) is 3.41. The van der Waals surface area contributed by atoms with Crippen molar-refractivity contribution in [2.75, 3.05) is 17.6 Å². The minimum absolute atomic E-state index is 0.423. The quantitative estimate of drug-likeness (QED) is 0.611. The van der Waals surface area contributed by atoms with E-state index in [-0.39, 0.29) is 0 Å². The van der Waals surface area contributed by atoms with Gasteiger partial charge in [0, 0.05) is 17.8 Å². The van der Waals surface area contributed by atoms with Crippen LogP contribution in [0.4, 0.5) is 11.5 Å². The van der Waals surface area contributed by atoms with Crippen molar-refractivity contribution in [1.82, 2.24) is 19.9 Å². The molecule has 1 aliphatic rings. The molecule has 4 N–H and O–H groups in total. The first-order valence-electron chi connectivity index (χ1n) is 6.14. The second kappa shape index (κ2) is 3.68. The first-order chi connectivity index (χ1) is 9.31. The van der Waals surface area contributed by atoms with Gasteiger partial charge in [-0.15, -0.1) is 0 Å². The summed E-state index contributed by atoms with van der Waals surface area (Å²) in [5.74, 6) is 1.20. The van der Waals surface area contributed by atoms with E-state index < -0.39 is 0 Å². The first kappa shape index (κ1) is 10.3. The number of hydrogen-bond acceptors (Lipinski definition) is 5. The maximum Gasteiger partial charge on any atom is 0.183 e. The van der Waals surface area contributed by atoms with Crippen molar-refractivity contribution in [2.24, 2.45) is 0 Å². The van der Waals surface area contributed by atoms with Crippen molar-refractivity contribution in [2.45, 2.75) is 6.42 Å². The van der Waals surface area contributed by atoms with E-state index in [1.54, 1.807) is 0 Å². The van der Waals surface area contributed by atoms with Crippen LogP contribution in [0.2, 0.25) is 0 Å². The van der Waals surface area contributed by atoms with Crippen LogP contribution in [0.25, 0.3) is 22.6 Å². The Morgan fingerprint density at radius 1 is 1.21 bits per heavy atom. The van der Waals surface area contributed by atoms with Crippen molar-refractivity contribution in [3.63, 3.8) is 0 Å². The molecule has 0 saturated heterocycles. The smallest absolute Gasteiger partial charge is 0.183 e. The summed E-state index contributed by atoms with van der Waals surface area (Å²) >= 11 is 0. The lowest BCUT2D eigenvalue weighted by atomic mass is 10.1. The van der Waals surface area contributed by atoms with Crippen molar-refractivity contribution in [3.8, 4) is 11.4 Å². The summed E-state index contributed by atoms with van der Waals surface area (Å²) in [6.07, 6.45) is 2.47. The summed E-state index contributed by atoms with van der Waals surface area (Å²) in [6, 6.07) is 6.27. The first-order valence-corrected chi connectivity index (χ1v) is 6.14. The number of H-pyrrole nitrogens is 1. The molecule has 0 bridgehead atoms. The van der Waals surface area contributed by atoms with Crippen molar-refractivity contribution >= 4 is 22.7 Å². The Kier molecular flexibility index (Phi) is 2.00. The van der Waals surface area contributed by atoms with E-state index in [0.717, 1.165) is 24.4 Å². The predicted octanol–water partition coefficient (Wildman–Crippen LogP) is 1.57. The zero-order valence-corrected chi connectivity index (χ0v) is 10.1. The molecule has 94 valence electrons. The van der Waals surface area contributed by atoms with Crippen LogP contribution in [0.5, 0.6) is 0 Å². The van der Waals surface area contributed by atoms with Crippen LogP contribution in [0.1, 0.15) is 5.56 Å².